The number of rotatable bonds is 5. The van der Waals surface area contributed by atoms with Crippen molar-refractivity contribution in [3.05, 3.63) is 36.2 Å². The Balaban J connectivity index is 1.52. The van der Waals surface area contributed by atoms with Crippen LogP contribution in [0.5, 0.6) is 5.75 Å². The van der Waals surface area contributed by atoms with Crippen molar-refractivity contribution in [2.45, 2.75) is 43.1 Å². The van der Waals surface area contributed by atoms with Crippen LogP contribution in [0.2, 0.25) is 0 Å². The molecule has 11 heteroatoms. The van der Waals surface area contributed by atoms with Gasteiger partial charge in [-0.1, -0.05) is 6.07 Å². The lowest BCUT2D eigenvalue weighted by atomic mass is 10.0. The van der Waals surface area contributed by atoms with Gasteiger partial charge in [-0.15, -0.1) is 0 Å². The first-order valence-electron chi connectivity index (χ1n) is 10.4. The summed E-state index contributed by atoms with van der Waals surface area (Å²) in [7, 11) is 1.33. The number of aromatic nitrogens is 4. The summed E-state index contributed by atoms with van der Waals surface area (Å²) in [5, 5.41) is 10.6. The number of hydrogen-bond acceptors (Lipinski definition) is 6. The SMILES string of the molecule is COc1cc2ncc(-c3cccc(N[C@H]4CNC[C@@H](F)C4)n3)n2nc1C1(C(F)(F)F)CC1. The van der Waals surface area contributed by atoms with Crippen LogP contribution in [0.3, 0.4) is 0 Å². The molecular weight excluding hydrogens is 428 g/mol. The Bertz CT molecular complexity index is 1140. The number of nitrogens with one attached hydrogen (secondary N) is 2. The number of imidazole rings is 1. The van der Waals surface area contributed by atoms with Crippen LogP contribution < -0.4 is 15.4 Å². The molecule has 0 amide bonds. The standard InChI is InChI=1S/C21H22F4N6O/c1-32-16-8-18-27-11-15(31(18)30-19(16)20(5-6-20)21(23,24)25)14-3-2-4-17(29-14)28-13-7-12(22)9-26-10-13/h2-4,8,11-13,26H,5-7,9-10H2,1H3,(H,28,29)/t12-,13+/m0/s1. The third kappa shape index (κ3) is 3.54. The number of hydrogen-bond donors (Lipinski definition) is 2. The van der Waals surface area contributed by atoms with E-state index < -0.39 is 17.8 Å². The van der Waals surface area contributed by atoms with Crippen molar-refractivity contribution in [1.29, 1.82) is 0 Å². The van der Waals surface area contributed by atoms with Crippen LogP contribution in [0.25, 0.3) is 17.0 Å². The predicted octanol–water partition coefficient (Wildman–Crippen LogP) is 3.51. The van der Waals surface area contributed by atoms with Crippen LogP contribution in [0.1, 0.15) is 25.0 Å². The minimum Gasteiger partial charge on any atom is -0.495 e. The van der Waals surface area contributed by atoms with Gasteiger partial charge in [-0.25, -0.2) is 18.9 Å². The molecule has 1 saturated heterocycles. The van der Waals surface area contributed by atoms with E-state index in [4.69, 9.17) is 4.74 Å². The van der Waals surface area contributed by atoms with E-state index in [0.29, 0.717) is 42.4 Å². The monoisotopic (exact) mass is 450 g/mol. The second-order valence-electron chi connectivity index (χ2n) is 8.30. The van der Waals surface area contributed by atoms with Crippen molar-refractivity contribution < 1.29 is 22.3 Å². The Labute approximate surface area is 181 Å². The predicted molar refractivity (Wildman–Crippen MR) is 110 cm³/mol. The van der Waals surface area contributed by atoms with Gasteiger partial charge in [-0.05, 0) is 25.0 Å². The summed E-state index contributed by atoms with van der Waals surface area (Å²) in [5.74, 6) is 0.611. The zero-order chi connectivity index (χ0) is 22.5. The minimum absolute atomic E-state index is 0.0297. The molecular formula is C21H22F4N6O. The molecule has 2 atom stereocenters. The smallest absolute Gasteiger partial charge is 0.400 e. The van der Waals surface area contributed by atoms with Gasteiger partial charge in [-0.2, -0.15) is 18.3 Å². The Morgan fingerprint density at radius 3 is 2.75 bits per heavy atom. The number of alkyl halides is 4. The Morgan fingerprint density at radius 2 is 2.06 bits per heavy atom. The molecule has 4 heterocycles. The van der Waals surface area contributed by atoms with Gasteiger partial charge < -0.3 is 15.4 Å². The number of ether oxygens (including phenoxy) is 1. The second-order valence-corrected chi connectivity index (χ2v) is 8.30. The largest absolute Gasteiger partial charge is 0.495 e. The third-order valence-corrected chi connectivity index (χ3v) is 6.08. The summed E-state index contributed by atoms with van der Waals surface area (Å²) in [5.41, 5.74) is -0.840. The summed E-state index contributed by atoms with van der Waals surface area (Å²) in [6.07, 6.45) is -3.52. The Kier molecular flexibility index (Phi) is 4.95. The number of methoxy groups -OCH3 is 1. The van der Waals surface area contributed by atoms with Crippen LogP contribution in [0.4, 0.5) is 23.4 Å². The van der Waals surface area contributed by atoms with Gasteiger partial charge in [0.2, 0.25) is 0 Å². The van der Waals surface area contributed by atoms with E-state index in [1.54, 1.807) is 18.2 Å². The topological polar surface area (TPSA) is 76.4 Å². The summed E-state index contributed by atoms with van der Waals surface area (Å²) in [6, 6.07) is 6.62. The minimum atomic E-state index is -4.42. The summed E-state index contributed by atoms with van der Waals surface area (Å²) in [4.78, 5) is 8.85. The van der Waals surface area contributed by atoms with E-state index in [9.17, 15) is 17.6 Å². The van der Waals surface area contributed by atoms with Crippen molar-refractivity contribution in [3.8, 4) is 17.1 Å². The molecule has 32 heavy (non-hydrogen) atoms. The fraction of sp³-hybridized carbons (Fsp3) is 0.476. The van der Waals surface area contributed by atoms with E-state index in [1.807, 2.05) is 0 Å². The number of piperidine rings is 1. The average Bonchev–Trinajstić information content (AvgIpc) is 3.48. The highest BCUT2D eigenvalue weighted by molar-refractivity contribution is 5.63. The summed E-state index contributed by atoms with van der Waals surface area (Å²) >= 11 is 0. The first-order valence-corrected chi connectivity index (χ1v) is 10.4. The molecule has 0 bridgehead atoms. The van der Waals surface area contributed by atoms with Crippen LogP contribution in [-0.4, -0.2) is 58.2 Å². The molecule has 3 aromatic rings. The quantitative estimate of drug-likeness (QED) is 0.580. The van der Waals surface area contributed by atoms with Crippen LogP contribution in [0, 0.1) is 0 Å². The van der Waals surface area contributed by atoms with Crippen molar-refractivity contribution in [2.75, 3.05) is 25.5 Å². The Morgan fingerprint density at radius 1 is 1.25 bits per heavy atom. The first-order chi connectivity index (χ1) is 15.3. The van der Waals surface area contributed by atoms with Gasteiger partial charge in [0.05, 0.1) is 19.0 Å². The lowest BCUT2D eigenvalue weighted by Crippen LogP contribution is -2.44. The summed E-state index contributed by atoms with van der Waals surface area (Å²) < 4.78 is 61.6. The maximum atomic E-state index is 13.8. The third-order valence-electron chi connectivity index (χ3n) is 6.08. The van der Waals surface area contributed by atoms with Gasteiger partial charge in [0.15, 0.2) is 5.65 Å². The highest BCUT2D eigenvalue weighted by Crippen LogP contribution is 2.60. The molecule has 2 N–H and O–H groups in total. The van der Waals surface area contributed by atoms with Crippen LogP contribution >= 0.6 is 0 Å². The molecule has 3 aromatic heterocycles. The van der Waals surface area contributed by atoms with Crippen LogP contribution in [-0.2, 0) is 5.41 Å². The fourth-order valence-electron chi connectivity index (χ4n) is 4.21. The lowest BCUT2D eigenvalue weighted by Gasteiger charge is -2.26. The number of nitrogens with zero attached hydrogens (tertiary/aromatic N) is 4. The number of halogens is 4. The van der Waals surface area contributed by atoms with E-state index in [2.05, 4.69) is 25.7 Å². The normalized spacial score (nSPS) is 22.7. The molecule has 2 aliphatic rings. The van der Waals surface area contributed by atoms with Gasteiger partial charge in [0, 0.05) is 31.6 Å². The highest BCUT2D eigenvalue weighted by Gasteiger charge is 2.66. The molecule has 7 nitrogen and oxygen atoms in total. The Hall–Kier alpha value is -2.95. The molecule has 1 saturated carbocycles. The van der Waals surface area contributed by atoms with Crippen molar-refractivity contribution in [3.63, 3.8) is 0 Å². The van der Waals surface area contributed by atoms with E-state index in [-0.39, 0.29) is 30.3 Å². The molecule has 1 aliphatic heterocycles. The van der Waals surface area contributed by atoms with Crippen LogP contribution in [0.15, 0.2) is 30.5 Å². The average molecular weight is 450 g/mol. The van der Waals surface area contributed by atoms with E-state index in [1.165, 1.54) is 23.9 Å². The maximum Gasteiger partial charge on any atom is 0.400 e. The maximum absolute atomic E-state index is 13.8. The number of anilines is 1. The first kappa shape index (κ1) is 20.9. The van der Waals surface area contributed by atoms with Crippen molar-refractivity contribution >= 4 is 11.5 Å². The molecule has 2 fully saturated rings. The van der Waals surface area contributed by atoms with Gasteiger partial charge in [0.1, 0.15) is 34.5 Å². The molecule has 0 aromatic carbocycles. The molecule has 0 radical (unpaired) electrons. The molecule has 5 rings (SSSR count). The number of pyridine rings is 1. The molecule has 0 unspecified atom stereocenters. The zero-order valence-corrected chi connectivity index (χ0v) is 17.3. The van der Waals surface area contributed by atoms with E-state index >= 15 is 0 Å². The van der Waals surface area contributed by atoms with E-state index in [0.717, 1.165) is 0 Å². The highest BCUT2D eigenvalue weighted by atomic mass is 19.4. The number of fused-ring (bicyclic) bond motifs is 1. The summed E-state index contributed by atoms with van der Waals surface area (Å²) in [6.45, 7) is 0.955. The fourth-order valence-corrected chi connectivity index (χ4v) is 4.21. The molecule has 0 spiro atoms. The lowest BCUT2D eigenvalue weighted by molar-refractivity contribution is -0.162. The zero-order valence-electron chi connectivity index (χ0n) is 17.3. The molecule has 1 aliphatic carbocycles. The molecule has 170 valence electrons. The van der Waals surface area contributed by atoms with Gasteiger partial charge in [0.25, 0.3) is 0 Å². The van der Waals surface area contributed by atoms with Crippen molar-refractivity contribution in [1.82, 2.24) is 24.9 Å². The van der Waals surface area contributed by atoms with Crippen molar-refractivity contribution in [2.24, 2.45) is 0 Å². The van der Waals surface area contributed by atoms with Gasteiger partial charge in [-0.3, -0.25) is 0 Å². The second kappa shape index (κ2) is 7.58. The van der Waals surface area contributed by atoms with Gasteiger partial charge >= 0.3 is 6.18 Å².